The van der Waals surface area contributed by atoms with Gasteiger partial charge in [-0.25, -0.2) is 0 Å². The Bertz CT molecular complexity index is 295. The summed E-state index contributed by atoms with van der Waals surface area (Å²) in [4.78, 5) is 10.5. The third-order valence-electron chi connectivity index (χ3n) is 2.24. The minimum absolute atomic E-state index is 0.0880. The summed E-state index contributed by atoms with van der Waals surface area (Å²) in [6.07, 6.45) is 5.24. The highest BCUT2D eigenvalue weighted by Gasteiger charge is 2.05. The van der Waals surface area contributed by atoms with Gasteiger partial charge in [-0.05, 0) is 25.0 Å². The summed E-state index contributed by atoms with van der Waals surface area (Å²) in [6, 6.07) is 5.85. The van der Waals surface area contributed by atoms with Gasteiger partial charge in [-0.2, -0.15) is 0 Å². The van der Waals surface area contributed by atoms with Crippen molar-refractivity contribution in [2.45, 2.75) is 32.1 Å². The molecule has 0 amide bonds. The molecule has 0 aliphatic heterocycles. The number of benzene rings is 1. The minimum atomic E-state index is 0.0880. The van der Waals surface area contributed by atoms with Crippen molar-refractivity contribution in [3.63, 3.8) is 0 Å². The zero-order valence-corrected chi connectivity index (χ0v) is 8.65. The number of carbonyl (C=O) groups is 1. The lowest BCUT2D eigenvalue weighted by molar-refractivity contribution is -0.120. The normalized spacial score (nSPS) is 15.3. The molecule has 2 rings (SSSR count). The van der Waals surface area contributed by atoms with Crippen LogP contribution >= 0.6 is 0 Å². The Hall–Kier alpha value is -1.51. The molecule has 15 heavy (non-hydrogen) atoms. The molecule has 1 aromatic rings. The summed E-state index contributed by atoms with van der Waals surface area (Å²) in [5.74, 6) is 0.640. The van der Waals surface area contributed by atoms with E-state index in [1.54, 1.807) is 6.07 Å². The Labute approximate surface area is 89.4 Å². The van der Waals surface area contributed by atoms with Crippen LogP contribution in [0.3, 0.4) is 0 Å². The first-order chi connectivity index (χ1) is 7.18. The quantitative estimate of drug-likeness (QED) is 0.689. The zero-order valence-electron chi connectivity index (χ0n) is 8.65. The van der Waals surface area contributed by atoms with Crippen molar-refractivity contribution in [3.8, 4) is 11.5 Å². The largest absolute Gasteiger partial charge is 0.508 e. The van der Waals surface area contributed by atoms with E-state index in [1.807, 2.05) is 0 Å². The lowest BCUT2D eigenvalue weighted by atomic mass is 10.00. The summed E-state index contributed by atoms with van der Waals surface area (Å²) in [7, 11) is 0. The summed E-state index contributed by atoms with van der Waals surface area (Å²) in [5, 5.41) is 17.3. The molecule has 0 radical (unpaired) electrons. The Kier molecular flexibility index (Phi) is 4.68. The molecule has 0 atom stereocenters. The van der Waals surface area contributed by atoms with Gasteiger partial charge in [-0.15, -0.1) is 0 Å². The van der Waals surface area contributed by atoms with Crippen LogP contribution in [-0.4, -0.2) is 16.0 Å². The molecule has 1 aromatic carbocycles. The molecular formula is C12H16O3. The molecule has 1 saturated carbocycles. The van der Waals surface area contributed by atoms with Crippen LogP contribution in [0.5, 0.6) is 11.5 Å². The highest BCUT2D eigenvalue weighted by molar-refractivity contribution is 5.78. The highest BCUT2D eigenvalue weighted by Crippen LogP contribution is 2.14. The summed E-state index contributed by atoms with van der Waals surface area (Å²) < 4.78 is 0. The van der Waals surface area contributed by atoms with Gasteiger partial charge in [0.15, 0.2) is 0 Å². The summed E-state index contributed by atoms with van der Waals surface area (Å²) in [6.45, 7) is 0. The molecule has 0 bridgehead atoms. The van der Waals surface area contributed by atoms with E-state index in [4.69, 9.17) is 10.2 Å². The van der Waals surface area contributed by atoms with Crippen LogP contribution in [0.4, 0.5) is 0 Å². The number of hydrogen-bond acceptors (Lipinski definition) is 3. The Morgan fingerprint density at radius 2 is 1.47 bits per heavy atom. The second kappa shape index (κ2) is 6.06. The Balaban J connectivity index is 0.000000151. The van der Waals surface area contributed by atoms with E-state index in [0.29, 0.717) is 5.78 Å². The van der Waals surface area contributed by atoms with Crippen molar-refractivity contribution in [2.24, 2.45) is 0 Å². The predicted octanol–water partition coefficient (Wildman–Crippen LogP) is 2.62. The van der Waals surface area contributed by atoms with Gasteiger partial charge < -0.3 is 10.2 Å². The van der Waals surface area contributed by atoms with Crippen LogP contribution in [0.25, 0.3) is 0 Å². The molecule has 0 aromatic heterocycles. The van der Waals surface area contributed by atoms with Gasteiger partial charge in [0.25, 0.3) is 0 Å². The number of aromatic hydroxyl groups is 2. The van der Waals surface area contributed by atoms with Crippen LogP contribution in [0, 0.1) is 0 Å². The number of rotatable bonds is 0. The summed E-state index contributed by atoms with van der Waals surface area (Å²) in [5.41, 5.74) is 0. The lowest BCUT2D eigenvalue weighted by Crippen LogP contribution is -2.02. The van der Waals surface area contributed by atoms with Gasteiger partial charge in [-0.1, -0.05) is 12.5 Å². The first kappa shape index (κ1) is 11.6. The van der Waals surface area contributed by atoms with Gasteiger partial charge in [0, 0.05) is 18.9 Å². The number of phenolic OH excluding ortho intramolecular Hbond substituents is 2. The molecule has 1 aliphatic carbocycles. The topological polar surface area (TPSA) is 57.5 Å². The maximum absolute atomic E-state index is 10.5. The average molecular weight is 208 g/mol. The predicted molar refractivity (Wildman–Crippen MR) is 57.9 cm³/mol. The van der Waals surface area contributed by atoms with Gasteiger partial charge >= 0.3 is 0 Å². The molecule has 0 spiro atoms. The zero-order chi connectivity index (χ0) is 11.1. The van der Waals surface area contributed by atoms with Crippen LogP contribution in [-0.2, 0) is 4.79 Å². The maximum atomic E-state index is 10.5. The lowest BCUT2D eigenvalue weighted by Gasteiger charge is -2.05. The average Bonchev–Trinajstić information content (AvgIpc) is 2.19. The Morgan fingerprint density at radius 1 is 0.933 bits per heavy atom. The van der Waals surface area contributed by atoms with Crippen LogP contribution < -0.4 is 0 Å². The molecular weight excluding hydrogens is 192 g/mol. The van der Waals surface area contributed by atoms with Gasteiger partial charge in [0.1, 0.15) is 17.3 Å². The van der Waals surface area contributed by atoms with Crippen molar-refractivity contribution < 1.29 is 15.0 Å². The van der Waals surface area contributed by atoms with E-state index in [9.17, 15) is 4.79 Å². The van der Waals surface area contributed by atoms with Crippen LogP contribution in [0.2, 0.25) is 0 Å². The number of Topliss-reactive ketones (excluding diaryl/α,β-unsaturated/α-hetero) is 1. The van der Waals surface area contributed by atoms with Crippen molar-refractivity contribution in [1.82, 2.24) is 0 Å². The first-order valence-corrected chi connectivity index (χ1v) is 5.18. The molecule has 3 nitrogen and oxygen atoms in total. The second-order valence-electron chi connectivity index (χ2n) is 3.62. The van der Waals surface area contributed by atoms with Crippen molar-refractivity contribution in [3.05, 3.63) is 24.3 Å². The van der Waals surface area contributed by atoms with E-state index >= 15 is 0 Å². The number of hydrogen-bond donors (Lipinski definition) is 2. The molecule has 1 fully saturated rings. The first-order valence-electron chi connectivity index (χ1n) is 5.18. The molecule has 3 heteroatoms. The molecule has 0 unspecified atom stereocenters. The van der Waals surface area contributed by atoms with Crippen LogP contribution in [0.15, 0.2) is 24.3 Å². The van der Waals surface area contributed by atoms with Gasteiger partial charge in [-0.3, -0.25) is 4.79 Å². The van der Waals surface area contributed by atoms with E-state index in [1.165, 1.54) is 24.6 Å². The number of carbonyl (C=O) groups excluding carboxylic acids is 1. The number of ketones is 1. The molecule has 2 N–H and O–H groups in total. The van der Waals surface area contributed by atoms with Gasteiger partial charge in [0.05, 0.1) is 0 Å². The fourth-order valence-electron chi connectivity index (χ4n) is 1.44. The third kappa shape index (κ3) is 5.05. The van der Waals surface area contributed by atoms with Gasteiger partial charge in [0.2, 0.25) is 0 Å². The minimum Gasteiger partial charge on any atom is -0.508 e. The monoisotopic (exact) mass is 208 g/mol. The maximum Gasteiger partial charge on any atom is 0.132 e. The molecule has 82 valence electrons. The van der Waals surface area contributed by atoms with E-state index in [2.05, 4.69) is 0 Å². The highest BCUT2D eigenvalue weighted by atomic mass is 16.3. The van der Waals surface area contributed by atoms with E-state index in [-0.39, 0.29) is 11.5 Å². The van der Waals surface area contributed by atoms with Crippen molar-refractivity contribution in [2.75, 3.05) is 0 Å². The Morgan fingerprint density at radius 3 is 1.73 bits per heavy atom. The van der Waals surface area contributed by atoms with Crippen molar-refractivity contribution in [1.29, 1.82) is 0 Å². The molecule has 1 aliphatic rings. The van der Waals surface area contributed by atoms with Crippen LogP contribution in [0.1, 0.15) is 32.1 Å². The standard InChI is InChI=1S/C6H6O2.C6H10O/c7-5-2-1-3-6(8)4-5;7-6-4-2-1-3-5-6/h1-4,7-8H;1-5H2. The smallest absolute Gasteiger partial charge is 0.132 e. The SMILES string of the molecule is O=C1CCCCC1.Oc1cccc(O)c1. The second-order valence-corrected chi connectivity index (χ2v) is 3.62. The summed E-state index contributed by atoms with van der Waals surface area (Å²) >= 11 is 0. The van der Waals surface area contributed by atoms with E-state index in [0.717, 1.165) is 25.7 Å². The van der Waals surface area contributed by atoms with Crippen molar-refractivity contribution >= 4 is 5.78 Å². The number of phenols is 2. The third-order valence-corrected chi connectivity index (χ3v) is 2.24. The molecule has 0 heterocycles. The fraction of sp³-hybridized carbons (Fsp3) is 0.417. The van der Waals surface area contributed by atoms with E-state index < -0.39 is 0 Å². The fourth-order valence-corrected chi connectivity index (χ4v) is 1.44. The molecule has 0 saturated heterocycles.